The molecular formula is C22H21FN4O3S. The standard InChI is InChI=1S/C22H21FN4O3S/c1-26(13-21(28)24-16-6-2-5-15(23)11-16)14-22(29)27-18(20-8-4-10-31-20)12-17(25-27)19-7-3-9-30-19/h2-11,18H,12-14H2,1H3,(H,24,28). The molecule has 0 radical (unpaired) electrons. The minimum atomic E-state index is -0.430. The molecule has 3 heterocycles. The molecule has 2 aromatic heterocycles. The third-order valence-electron chi connectivity index (χ3n) is 4.77. The van der Waals surface area contributed by atoms with Crippen LogP contribution in [-0.2, 0) is 9.59 Å². The largest absolute Gasteiger partial charge is 0.463 e. The summed E-state index contributed by atoms with van der Waals surface area (Å²) < 4.78 is 18.7. The van der Waals surface area contributed by atoms with Gasteiger partial charge in [-0.25, -0.2) is 9.40 Å². The molecule has 0 spiro atoms. The van der Waals surface area contributed by atoms with E-state index < -0.39 is 5.82 Å². The van der Waals surface area contributed by atoms with Gasteiger partial charge in [-0.15, -0.1) is 11.3 Å². The number of nitrogens with zero attached hydrogens (tertiary/aromatic N) is 3. The van der Waals surface area contributed by atoms with Crippen molar-refractivity contribution in [1.82, 2.24) is 9.91 Å². The predicted molar refractivity (Wildman–Crippen MR) is 116 cm³/mol. The van der Waals surface area contributed by atoms with Gasteiger partial charge >= 0.3 is 0 Å². The number of hydrogen-bond donors (Lipinski definition) is 1. The highest BCUT2D eigenvalue weighted by atomic mass is 32.1. The fraction of sp³-hybridized carbons (Fsp3) is 0.227. The van der Waals surface area contributed by atoms with Gasteiger partial charge in [0.25, 0.3) is 5.91 Å². The topological polar surface area (TPSA) is 78.2 Å². The molecule has 1 atom stereocenters. The summed E-state index contributed by atoms with van der Waals surface area (Å²) in [4.78, 5) is 27.9. The summed E-state index contributed by atoms with van der Waals surface area (Å²) in [6, 6.07) is 13.0. The highest BCUT2D eigenvalue weighted by Crippen LogP contribution is 2.35. The van der Waals surface area contributed by atoms with Crippen LogP contribution in [0.3, 0.4) is 0 Å². The lowest BCUT2D eigenvalue weighted by atomic mass is 10.1. The molecule has 3 aromatic rings. The maximum atomic E-state index is 13.3. The number of halogens is 1. The zero-order valence-electron chi connectivity index (χ0n) is 16.8. The Morgan fingerprint density at radius 3 is 2.84 bits per heavy atom. The third-order valence-corrected chi connectivity index (χ3v) is 5.74. The van der Waals surface area contributed by atoms with Gasteiger partial charge < -0.3 is 9.73 Å². The number of furan rings is 1. The van der Waals surface area contributed by atoms with E-state index in [9.17, 15) is 14.0 Å². The Bertz CT molecular complexity index is 1080. The number of anilines is 1. The zero-order chi connectivity index (χ0) is 21.8. The van der Waals surface area contributed by atoms with Gasteiger partial charge in [0.05, 0.1) is 25.4 Å². The monoisotopic (exact) mass is 440 g/mol. The lowest BCUT2D eigenvalue weighted by molar-refractivity contribution is -0.134. The Morgan fingerprint density at radius 1 is 1.26 bits per heavy atom. The highest BCUT2D eigenvalue weighted by molar-refractivity contribution is 7.10. The summed E-state index contributed by atoms with van der Waals surface area (Å²) in [5.41, 5.74) is 1.08. The number of likely N-dealkylation sites (N-methyl/N-ethyl adjacent to an activating group) is 1. The van der Waals surface area contributed by atoms with Gasteiger partial charge in [0.1, 0.15) is 17.3 Å². The van der Waals surface area contributed by atoms with Crippen LogP contribution < -0.4 is 5.32 Å². The third kappa shape index (κ3) is 5.07. The van der Waals surface area contributed by atoms with Crippen molar-refractivity contribution in [2.75, 3.05) is 25.5 Å². The molecule has 160 valence electrons. The van der Waals surface area contributed by atoms with Gasteiger partial charge in [0.15, 0.2) is 0 Å². The molecule has 2 amide bonds. The number of hydrazone groups is 1. The molecule has 1 unspecified atom stereocenters. The van der Waals surface area contributed by atoms with Crippen LogP contribution in [0.2, 0.25) is 0 Å². The smallest absolute Gasteiger partial charge is 0.257 e. The molecule has 0 saturated carbocycles. The second kappa shape index (κ2) is 9.23. The Kier molecular flexibility index (Phi) is 6.24. The Balaban J connectivity index is 1.41. The maximum Gasteiger partial charge on any atom is 0.257 e. The van der Waals surface area contributed by atoms with E-state index in [1.54, 1.807) is 41.7 Å². The minimum Gasteiger partial charge on any atom is -0.463 e. The van der Waals surface area contributed by atoms with E-state index in [2.05, 4.69) is 10.4 Å². The van der Waals surface area contributed by atoms with Gasteiger partial charge in [-0.1, -0.05) is 12.1 Å². The van der Waals surface area contributed by atoms with E-state index in [-0.39, 0.29) is 30.9 Å². The Morgan fingerprint density at radius 2 is 2.13 bits per heavy atom. The number of amides is 2. The molecule has 0 aliphatic carbocycles. The molecule has 0 fully saturated rings. The number of thiophene rings is 1. The molecule has 4 rings (SSSR count). The minimum absolute atomic E-state index is 0.00732. The number of nitrogens with one attached hydrogen (secondary N) is 1. The van der Waals surface area contributed by atoms with Crippen LogP contribution in [0.1, 0.15) is 23.1 Å². The molecule has 1 aliphatic rings. The Labute approximate surface area is 182 Å². The van der Waals surface area contributed by atoms with Crippen molar-refractivity contribution in [3.63, 3.8) is 0 Å². The summed E-state index contributed by atoms with van der Waals surface area (Å²) in [5.74, 6) is -0.349. The second-order valence-corrected chi connectivity index (χ2v) is 8.21. The van der Waals surface area contributed by atoms with Crippen LogP contribution in [0.15, 0.2) is 69.7 Å². The average Bonchev–Trinajstić information content (AvgIpc) is 3.47. The summed E-state index contributed by atoms with van der Waals surface area (Å²) >= 11 is 1.57. The molecule has 1 aliphatic heterocycles. The molecule has 1 aromatic carbocycles. The number of carbonyl (C=O) groups is 2. The first kappa shape index (κ1) is 21.0. The molecule has 0 bridgehead atoms. The first-order valence-electron chi connectivity index (χ1n) is 9.70. The van der Waals surface area contributed by atoms with Crippen LogP contribution in [0.4, 0.5) is 10.1 Å². The fourth-order valence-electron chi connectivity index (χ4n) is 3.41. The van der Waals surface area contributed by atoms with E-state index in [1.807, 2.05) is 23.6 Å². The summed E-state index contributed by atoms with van der Waals surface area (Å²) in [6.45, 7) is -0.0120. The van der Waals surface area contributed by atoms with Crippen molar-refractivity contribution in [3.8, 4) is 0 Å². The second-order valence-electron chi connectivity index (χ2n) is 7.23. The van der Waals surface area contributed by atoms with E-state index >= 15 is 0 Å². The average molecular weight is 441 g/mol. The van der Waals surface area contributed by atoms with E-state index in [0.29, 0.717) is 23.6 Å². The lowest BCUT2D eigenvalue weighted by Crippen LogP contribution is -2.39. The van der Waals surface area contributed by atoms with Crippen molar-refractivity contribution in [1.29, 1.82) is 0 Å². The van der Waals surface area contributed by atoms with Gasteiger partial charge in [-0.2, -0.15) is 5.10 Å². The van der Waals surface area contributed by atoms with Crippen LogP contribution in [0, 0.1) is 5.82 Å². The molecule has 1 N–H and O–H groups in total. The maximum absolute atomic E-state index is 13.3. The van der Waals surface area contributed by atoms with Gasteiger partial charge in [0.2, 0.25) is 5.91 Å². The van der Waals surface area contributed by atoms with Crippen molar-refractivity contribution in [2.24, 2.45) is 5.10 Å². The number of hydrogen-bond acceptors (Lipinski definition) is 6. The van der Waals surface area contributed by atoms with Crippen molar-refractivity contribution < 1.29 is 18.4 Å². The quantitative estimate of drug-likeness (QED) is 0.607. The first-order chi connectivity index (χ1) is 15.0. The van der Waals surface area contributed by atoms with Crippen molar-refractivity contribution >= 4 is 34.6 Å². The zero-order valence-corrected chi connectivity index (χ0v) is 17.6. The number of rotatable bonds is 7. The van der Waals surface area contributed by atoms with Crippen LogP contribution in [0.25, 0.3) is 0 Å². The predicted octanol–water partition coefficient (Wildman–Crippen LogP) is 3.73. The molecular weight excluding hydrogens is 419 g/mol. The normalized spacial score (nSPS) is 15.9. The lowest BCUT2D eigenvalue weighted by Gasteiger charge is -2.23. The van der Waals surface area contributed by atoms with Gasteiger partial charge in [0, 0.05) is 17.0 Å². The SMILES string of the molecule is CN(CC(=O)Nc1cccc(F)c1)CC(=O)N1N=C(c2ccco2)CC1c1cccs1. The first-order valence-corrected chi connectivity index (χ1v) is 10.6. The number of carbonyl (C=O) groups excluding carboxylic acids is 2. The molecule has 31 heavy (non-hydrogen) atoms. The summed E-state index contributed by atoms with van der Waals surface area (Å²) in [6.07, 6.45) is 2.14. The Hall–Kier alpha value is -3.30. The van der Waals surface area contributed by atoms with Crippen molar-refractivity contribution in [3.05, 3.63) is 76.6 Å². The number of benzene rings is 1. The summed E-state index contributed by atoms with van der Waals surface area (Å²) in [5, 5.41) is 10.6. The molecule has 7 nitrogen and oxygen atoms in total. The van der Waals surface area contributed by atoms with Crippen LogP contribution in [-0.4, -0.2) is 47.6 Å². The van der Waals surface area contributed by atoms with Crippen LogP contribution in [0.5, 0.6) is 0 Å². The van der Waals surface area contributed by atoms with Gasteiger partial charge in [-0.05, 0) is 48.8 Å². The van der Waals surface area contributed by atoms with E-state index in [0.717, 1.165) is 4.88 Å². The van der Waals surface area contributed by atoms with Crippen LogP contribution >= 0.6 is 11.3 Å². The summed E-state index contributed by atoms with van der Waals surface area (Å²) in [7, 11) is 1.68. The molecule has 9 heteroatoms. The van der Waals surface area contributed by atoms with Crippen molar-refractivity contribution in [2.45, 2.75) is 12.5 Å². The van der Waals surface area contributed by atoms with E-state index in [4.69, 9.17) is 4.42 Å². The fourth-order valence-corrected chi connectivity index (χ4v) is 4.22. The molecule has 0 saturated heterocycles. The van der Waals surface area contributed by atoms with Gasteiger partial charge in [-0.3, -0.25) is 14.5 Å². The van der Waals surface area contributed by atoms with E-state index in [1.165, 1.54) is 23.2 Å². The highest BCUT2D eigenvalue weighted by Gasteiger charge is 2.34.